The van der Waals surface area contributed by atoms with Crippen molar-refractivity contribution in [3.05, 3.63) is 34.3 Å². The van der Waals surface area contributed by atoms with Gasteiger partial charge in [0.25, 0.3) is 5.91 Å². The second kappa shape index (κ2) is 4.36. The molecule has 2 N–H and O–H groups in total. The van der Waals surface area contributed by atoms with Gasteiger partial charge in [-0.25, -0.2) is 5.01 Å². The lowest BCUT2D eigenvalue weighted by atomic mass is 10.2. The molecule has 0 atom stereocenters. The first-order chi connectivity index (χ1) is 7.70. The first kappa shape index (κ1) is 10.7. The zero-order valence-electron chi connectivity index (χ0n) is 8.34. The fraction of sp³-hybridized carbons (Fsp3) is 0.200. The normalized spacial score (nSPS) is 17.4. The van der Waals surface area contributed by atoms with Gasteiger partial charge in [-0.3, -0.25) is 15.0 Å². The molecule has 84 valence electrons. The molecule has 1 aliphatic rings. The zero-order valence-corrected chi connectivity index (χ0v) is 9.16. The Morgan fingerprint density at radius 2 is 2.50 bits per heavy atom. The molecule has 0 spiro atoms. The molecule has 1 aromatic heterocycles. The SMILES string of the molecule is O=C(Cc1ccsc1)NN1C(=O)CC1=CO. The predicted octanol–water partition coefficient (Wildman–Crippen LogP) is 0.954. The number of hydrogen-bond donors (Lipinski definition) is 2. The first-order valence-corrected chi connectivity index (χ1v) is 5.62. The molecule has 0 unspecified atom stereocenters. The molecule has 16 heavy (non-hydrogen) atoms. The Hall–Kier alpha value is -1.82. The van der Waals surface area contributed by atoms with Crippen LogP contribution in [0.4, 0.5) is 0 Å². The summed E-state index contributed by atoms with van der Waals surface area (Å²) in [4.78, 5) is 22.6. The third kappa shape index (κ3) is 2.06. The summed E-state index contributed by atoms with van der Waals surface area (Å²) < 4.78 is 0. The van der Waals surface area contributed by atoms with Crippen molar-refractivity contribution < 1.29 is 14.7 Å². The molecule has 0 radical (unpaired) electrons. The summed E-state index contributed by atoms with van der Waals surface area (Å²) in [6.45, 7) is 0. The second-order valence-corrected chi connectivity index (χ2v) is 4.15. The third-order valence-corrected chi connectivity index (χ3v) is 2.93. The van der Waals surface area contributed by atoms with Crippen molar-refractivity contribution in [1.82, 2.24) is 10.4 Å². The van der Waals surface area contributed by atoms with Gasteiger partial charge in [0.2, 0.25) is 5.91 Å². The van der Waals surface area contributed by atoms with Crippen LogP contribution in [0.3, 0.4) is 0 Å². The molecule has 1 aromatic rings. The highest BCUT2D eigenvalue weighted by Crippen LogP contribution is 2.19. The summed E-state index contributed by atoms with van der Waals surface area (Å²) >= 11 is 1.51. The van der Waals surface area contributed by atoms with Crippen molar-refractivity contribution in [1.29, 1.82) is 0 Å². The maximum atomic E-state index is 11.5. The Kier molecular flexibility index (Phi) is 2.91. The smallest absolute Gasteiger partial charge is 0.251 e. The van der Waals surface area contributed by atoms with Gasteiger partial charge >= 0.3 is 0 Å². The van der Waals surface area contributed by atoms with Crippen LogP contribution in [0.25, 0.3) is 0 Å². The molecule has 6 heteroatoms. The summed E-state index contributed by atoms with van der Waals surface area (Å²) in [7, 11) is 0. The number of β-lactam (4-membered cyclic amide) rings is 1. The van der Waals surface area contributed by atoms with Crippen LogP contribution in [0.15, 0.2) is 28.8 Å². The number of rotatable bonds is 3. The summed E-state index contributed by atoms with van der Waals surface area (Å²) in [5.74, 6) is -0.496. The summed E-state index contributed by atoms with van der Waals surface area (Å²) in [5.41, 5.74) is 3.74. The number of amides is 2. The zero-order chi connectivity index (χ0) is 11.5. The van der Waals surface area contributed by atoms with Crippen LogP contribution in [0.1, 0.15) is 12.0 Å². The number of aliphatic hydroxyl groups is 1. The molecule has 2 heterocycles. The second-order valence-electron chi connectivity index (χ2n) is 3.37. The molecule has 5 nitrogen and oxygen atoms in total. The number of hydrogen-bond acceptors (Lipinski definition) is 4. The first-order valence-electron chi connectivity index (χ1n) is 4.67. The third-order valence-electron chi connectivity index (χ3n) is 2.20. The van der Waals surface area contributed by atoms with Crippen LogP contribution >= 0.6 is 11.3 Å². The van der Waals surface area contributed by atoms with E-state index in [0.717, 1.165) is 16.8 Å². The van der Waals surface area contributed by atoms with Gasteiger partial charge in [-0.1, -0.05) is 0 Å². The Balaban J connectivity index is 1.90. The van der Waals surface area contributed by atoms with E-state index in [1.807, 2.05) is 16.8 Å². The van der Waals surface area contributed by atoms with Gasteiger partial charge in [0.1, 0.15) is 6.26 Å². The quantitative estimate of drug-likeness (QED) is 0.608. The van der Waals surface area contributed by atoms with Crippen molar-refractivity contribution in [3.8, 4) is 0 Å². The topological polar surface area (TPSA) is 69.6 Å². The Bertz CT molecular complexity index is 439. The van der Waals surface area contributed by atoms with Crippen LogP contribution in [-0.4, -0.2) is 21.9 Å². The molecule has 1 fully saturated rings. The van der Waals surface area contributed by atoms with Crippen LogP contribution in [-0.2, 0) is 16.0 Å². The number of nitrogens with one attached hydrogen (secondary N) is 1. The van der Waals surface area contributed by atoms with Crippen molar-refractivity contribution in [2.24, 2.45) is 0 Å². The van der Waals surface area contributed by atoms with Crippen LogP contribution in [0.5, 0.6) is 0 Å². The van der Waals surface area contributed by atoms with Gasteiger partial charge in [0.15, 0.2) is 0 Å². The lowest BCUT2D eigenvalue weighted by molar-refractivity contribution is -0.144. The van der Waals surface area contributed by atoms with Gasteiger partial charge in [-0.2, -0.15) is 11.3 Å². The van der Waals surface area contributed by atoms with Gasteiger partial charge in [-0.15, -0.1) is 0 Å². The molecule has 0 bridgehead atoms. The molecule has 2 rings (SSSR count). The lowest BCUT2D eigenvalue weighted by Crippen LogP contribution is -2.53. The molecule has 2 amide bonds. The number of thiophene rings is 1. The molecular formula is C10H10N2O3S. The van der Waals surface area contributed by atoms with Crippen LogP contribution < -0.4 is 5.43 Å². The van der Waals surface area contributed by atoms with E-state index in [4.69, 9.17) is 5.11 Å². The maximum Gasteiger partial charge on any atom is 0.251 e. The largest absolute Gasteiger partial charge is 0.514 e. The molecule has 1 saturated heterocycles. The number of carbonyl (C=O) groups excluding carboxylic acids is 2. The summed E-state index contributed by atoms with van der Waals surface area (Å²) in [6, 6.07) is 1.85. The van der Waals surface area contributed by atoms with Gasteiger partial charge in [0.05, 0.1) is 18.5 Å². The van der Waals surface area contributed by atoms with E-state index in [0.29, 0.717) is 5.70 Å². The van der Waals surface area contributed by atoms with E-state index in [2.05, 4.69) is 5.43 Å². The van der Waals surface area contributed by atoms with E-state index in [9.17, 15) is 9.59 Å². The number of aliphatic hydroxyl groups excluding tert-OH is 1. The van der Waals surface area contributed by atoms with Gasteiger partial charge < -0.3 is 5.11 Å². The number of carbonyl (C=O) groups is 2. The summed E-state index contributed by atoms with van der Waals surface area (Å²) in [6.07, 6.45) is 1.22. The van der Waals surface area contributed by atoms with Crippen molar-refractivity contribution in [2.75, 3.05) is 0 Å². The van der Waals surface area contributed by atoms with Crippen molar-refractivity contribution in [3.63, 3.8) is 0 Å². The minimum Gasteiger partial charge on any atom is -0.514 e. The van der Waals surface area contributed by atoms with Gasteiger partial charge in [-0.05, 0) is 22.4 Å². The fourth-order valence-electron chi connectivity index (χ4n) is 1.36. The monoisotopic (exact) mass is 238 g/mol. The molecular weight excluding hydrogens is 228 g/mol. The van der Waals surface area contributed by atoms with E-state index in [-0.39, 0.29) is 24.7 Å². The standard InChI is InChI=1S/C10H10N2O3S/c13-5-8-4-10(15)12(8)11-9(14)3-7-1-2-16-6-7/h1-2,5-6,13H,3-4H2,(H,11,14). The number of hydrazine groups is 1. The van der Waals surface area contributed by atoms with Crippen molar-refractivity contribution in [2.45, 2.75) is 12.8 Å². The van der Waals surface area contributed by atoms with Crippen LogP contribution in [0, 0.1) is 0 Å². The van der Waals surface area contributed by atoms with E-state index in [1.54, 1.807) is 0 Å². The van der Waals surface area contributed by atoms with E-state index < -0.39 is 0 Å². The molecule has 1 aliphatic heterocycles. The maximum absolute atomic E-state index is 11.5. The minimum atomic E-state index is -0.272. The number of nitrogens with zero attached hydrogens (tertiary/aromatic N) is 1. The van der Waals surface area contributed by atoms with Crippen LogP contribution in [0.2, 0.25) is 0 Å². The molecule has 0 aliphatic carbocycles. The molecule has 0 saturated carbocycles. The fourth-order valence-corrected chi connectivity index (χ4v) is 2.03. The minimum absolute atomic E-state index is 0.162. The summed E-state index contributed by atoms with van der Waals surface area (Å²) in [5, 5.41) is 13.6. The highest BCUT2D eigenvalue weighted by molar-refractivity contribution is 7.07. The predicted molar refractivity (Wildman–Crippen MR) is 58.3 cm³/mol. The van der Waals surface area contributed by atoms with Crippen molar-refractivity contribution >= 4 is 23.2 Å². The van der Waals surface area contributed by atoms with E-state index in [1.165, 1.54) is 11.3 Å². The average Bonchev–Trinajstić information content (AvgIpc) is 2.75. The average molecular weight is 238 g/mol. The Labute approximate surface area is 96.0 Å². The Morgan fingerprint density at radius 3 is 3.06 bits per heavy atom. The van der Waals surface area contributed by atoms with Gasteiger partial charge in [0, 0.05) is 0 Å². The highest BCUT2D eigenvalue weighted by atomic mass is 32.1. The van der Waals surface area contributed by atoms with E-state index >= 15 is 0 Å². The molecule has 0 aromatic carbocycles. The highest BCUT2D eigenvalue weighted by Gasteiger charge is 2.32. The Morgan fingerprint density at radius 1 is 1.69 bits per heavy atom. The lowest BCUT2D eigenvalue weighted by Gasteiger charge is -2.32.